The first-order chi connectivity index (χ1) is 10.1. The highest BCUT2D eigenvalue weighted by Gasteiger charge is 2.37. The number of ether oxygens (including phenoxy) is 1. The second-order valence-corrected chi connectivity index (χ2v) is 5.25. The van der Waals surface area contributed by atoms with Crippen LogP contribution < -0.4 is 4.74 Å². The van der Waals surface area contributed by atoms with Crippen LogP contribution in [0.4, 0.5) is 26.3 Å². The molecule has 1 aromatic carbocycles. The van der Waals surface area contributed by atoms with E-state index < -0.39 is 24.0 Å². The van der Waals surface area contributed by atoms with E-state index in [-0.39, 0.29) is 14.7 Å². The smallest absolute Gasteiger partial charge is 0.406 e. The largest absolute Gasteiger partial charge is 0.573 e. The van der Waals surface area contributed by atoms with Gasteiger partial charge < -0.3 is 4.74 Å². The molecule has 0 atom stereocenters. The number of halogens is 7. The van der Waals surface area contributed by atoms with Crippen LogP contribution in [-0.4, -0.2) is 11.3 Å². The maximum atomic E-state index is 13.0. The van der Waals surface area contributed by atoms with E-state index in [1.807, 2.05) is 0 Å². The van der Waals surface area contributed by atoms with E-state index in [9.17, 15) is 26.3 Å². The van der Waals surface area contributed by atoms with E-state index in [2.05, 4.69) is 9.72 Å². The normalized spacial score (nSPS) is 12.3. The van der Waals surface area contributed by atoms with E-state index in [0.717, 1.165) is 18.3 Å². The van der Waals surface area contributed by atoms with Crippen LogP contribution in [0.25, 0.3) is 11.1 Å². The van der Waals surface area contributed by atoms with E-state index in [0.29, 0.717) is 0 Å². The molecule has 2 rings (SSSR count). The molecule has 0 radical (unpaired) electrons. The number of benzene rings is 1. The van der Waals surface area contributed by atoms with E-state index >= 15 is 0 Å². The molecule has 2 aromatic rings. The number of hydrogen-bond acceptors (Lipinski definition) is 2. The van der Waals surface area contributed by atoms with Crippen molar-refractivity contribution in [1.29, 1.82) is 0 Å². The minimum atomic E-state index is -4.92. The quantitative estimate of drug-likeness (QED) is 0.476. The zero-order valence-corrected chi connectivity index (χ0v) is 12.6. The van der Waals surface area contributed by atoms with Crippen LogP contribution in [0, 0.1) is 3.57 Å². The monoisotopic (exact) mass is 433 g/mol. The molecule has 0 saturated heterocycles. The number of aromatic nitrogens is 1. The Morgan fingerprint density at radius 2 is 1.68 bits per heavy atom. The molecule has 0 aliphatic carbocycles. The lowest BCUT2D eigenvalue weighted by molar-refractivity contribution is -0.274. The molecule has 0 spiro atoms. The highest BCUT2D eigenvalue weighted by atomic mass is 127. The van der Waals surface area contributed by atoms with E-state index in [1.54, 1.807) is 22.6 Å². The first-order valence-electron chi connectivity index (χ1n) is 5.66. The van der Waals surface area contributed by atoms with Crippen molar-refractivity contribution < 1.29 is 31.1 Å². The Labute approximate surface area is 134 Å². The van der Waals surface area contributed by atoms with Crippen LogP contribution in [0.5, 0.6) is 5.75 Å². The van der Waals surface area contributed by atoms with Gasteiger partial charge in [-0.15, -0.1) is 13.2 Å². The average molecular weight is 433 g/mol. The lowest BCUT2D eigenvalue weighted by Gasteiger charge is -2.15. The third-order valence-electron chi connectivity index (χ3n) is 2.52. The SMILES string of the molecule is FC(F)(F)Oc1cccc(-c2c(I)ccnc2C(F)(F)F)c1. The van der Waals surface area contributed by atoms with Crippen LogP contribution >= 0.6 is 22.6 Å². The van der Waals surface area contributed by atoms with Crippen molar-refractivity contribution in [2.24, 2.45) is 0 Å². The molecule has 0 N–H and O–H groups in total. The summed E-state index contributed by atoms with van der Waals surface area (Å²) in [6.45, 7) is 0. The first-order valence-corrected chi connectivity index (χ1v) is 6.74. The summed E-state index contributed by atoms with van der Waals surface area (Å²) in [5.41, 5.74) is -1.52. The topological polar surface area (TPSA) is 22.1 Å². The molecule has 0 aliphatic heterocycles. The lowest BCUT2D eigenvalue weighted by Crippen LogP contribution is -2.17. The van der Waals surface area contributed by atoms with Crippen LogP contribution in [0.1, 0.15) is 5.69 Å². The van der Waals surface area contributed by atoms with Crippen molar-refractivity contribution in [3.05, 3.63) is 45.8 Å². The van der Waals surface area contributed by atoms with Gasteiger partial charge in [-0.05, 0) is 46.4 Å². The van der Waals surface area contributed by atoms with Gasteiger partial charge >= 0.3 is 12.5 Å². The van der Waals surface area contributed by atoms with Crippen LogP contribution in [0.2, 0.25) is 0 Å². The van der Waals surface area contributed by atoms with Gasteiger partial charge in [-0.25, -0.2) is 0 Å². The molecular formula is C13H6F6INO. The summed E-state index contributed by atoms with van der Waals surface area (Å²) in [4.78, 5) is 3.30. The highest BCUT2D eigenvalue weighted by molar-refractivity contribution is 14.1. The minimum Gasteiger partial charge on any atom is -0.406 e. The average Bonchev–Trinajstić information content (AvgIpc) is 2.35. The Morgan fingerprint density at radius 3 is 2.27 bits per heavy atom. The molecule has 2 nitrogen and oxygen atoms in total. The van der Waals surface area contributed by atoms with Gasteiger partial charge in [0, 0.05) is 15.3 Å². The fourth-order valence-electron chi connectivity index (χ4n) is 1.78. The third-order valence-corrected chi connectivity index (χ3v) is 3.42. The Bertz CT molecular complexity index is 683. The summed E-state index contributed by atoms with van der Waals surface area (Å²) in [5.74, 6) is -0.599. The molecular weight excluding hydrogens is 427 g/mol. The van der Waals surface area contributed by atoms with Gasteiger partial charge in [-0.2, -0.15) is 13.2 Å². The van der Waals surface area contributed by atoms with Crippen molar-refractivity contribution in [2.45, 2.75) is 12.5 Å². The van der Waals surface area contributed by atoms with Gasteiger partial charge in [0.15, 0.2) is 5.69 Å². The molecule has 1 heterocycles. The lowest BCUT2D eigenvalue weighted by atomic mass is 10.0. The molecule has 0 amide bonds. The van der Waals surface area contributed by atoms with Crippen molar-refractivity contribution in [3.63, 3.8) is 0 Å². The third kappa shape index (κ3) is 4.02. The Kier molecular flexibility index (Phi) is 4.54. The van der Waals surface area contributed by atoms with Crippen molar-refractivity contribution >= 4 is 22.6 Å². The van der Waals surface area contributed by atoms with Crippen molar-refractivity contribution in [1.82, 2.24) is 4.98 Å². The number of nitrogens with zero attached hydrogens (tertiary/aromatic N) is 1. The Morgan fingerprint density at radius 1 is 1.00 bits per heavy atom. The number of alkyl halides is 6. The molecule has 0 unspecified atom stereocenters. The molecule has 9 heteroatoms. The Balaban J connectivity index is 2.56. The fourth-order valence-corrected chi connectivity index (χ4v) is 2.50. The number of pyridine rings is 1. The first kappa shape index (κ1) is 16.8. The summed E-state index contributed by atoms with van der Waals surface area (Å²) in [7, 11) is 0. The number of rotatable bonds is 2. The molecule has 118 valence electrons. The molecule has 0 fully saturated rings. The zero-order chi connectivity index (χ0) is 16.5. The predicted molar refractivity (Wildman–Crippen MR) is 74.1 cm³/mol. The number of hydrogen-bond donors (Lipinski definition) is 0. The van der Waals surface area contributed by atoms with Gasteiger partial charge in [-0.3, -0.25) is 4.98 Å². The van der Waals surface area contributed by atoms with Crippen LogP contribution in [0.3, 0.4) is 0 Å². The second-order valence-electron chi connectivity index (χ2n) is 4.09. The summed E-state index contributed by atoms with van der Waals surface area (Å²) in [6.07, 6.45) is -8.66. The fraction of sp³-hybridized carbons (Fsp3) is 0.154. The highest BCUT2D eigenvalue weighted by Crippen LogP contribution is 2.39. The second kappa shape index (κ2) is 5.94. The van der Waals surface area contributed by atoms with E-state index in [4.69, 9.17) is 0 Å². The van der Waals surface area contributed by atoms with Gasteiger partial charge in [0.1, 0.15) is 5.75 Å². The summed E-state index contributed by atoms with van der Waals surface area (Å²) >= 11 is 1.67. The minimum absolute atomic E-state index is 0.0634. The van der Waals surface area contributed by atoms with Gasteiger partial charge in [-0.1, -0.05) is 12.1 Å². The van der Waals surface area contributed by atoms with Gasteiger partial charge in [0.25, 0.3) is 0 Å². The summed E-state index contributed by atoms with van der Waals surface area (Å²) in [5, 5.41) is 0. The van der Waals surface area contributed by atoms with Crippen LogP contribution in [0.15, 0.2) is 36.5 Å². The van der Waals surface area contributed by atoms with Gasteiger partial charge in [0.05, 0.1) is 0 Å². The molecule has 0 saturated carbocycles. The zero-order valence-electron chi connectivity index (χ0n) is 10.5. The molecule has 0 bridgehead atoms. The molecule has 1 aromatic heterocycles. The maximum absolute atomic E-state index is 13.0. The molecule has 0 aliphatic rings. The molecule has 22 heavy (non-hydrogen) atoms. The van der Waals surface area contributed by atoms with Crippen LogP contribution in [-0.2, 0) is 6.18 Å². The predicted octanol–water partition coefficient (Wildman–Crippen LogP) is 5.27. The maximum Gasteiger partial charge on any atom is 0.573 e. The summed E-state index contributed by atoms with van der Waals surface area (Å²) < 4.78 is 79.6. The standard InChI is InChI=1S/C13H6F6INO/c14-12(15,16)11-10(9(20)4-5-21-11)7-2-1-3-8(6-7)22-13(17,18)19/h1-6H. The van der Waals surface area contributed by atoms with E-state index in [1.165, 1.54) is 18.2 Å². The van der Waals surface area contributed by atoms with Crippen molar-refractivity contribution in [3.8, 4) is 16.9 Å². The summed E-state index contributed by atoms with van der Waals surface area (Å²) in [6, 6.07) is 5.68. The van der Waals surface area contributed by atoms with Crippen molar-refractivity contribution in [2.75, 3.05) is 0 Å². The Hall–Kier alpha value is -1.52. The van der Waals surface area contributed by atoms with Gasteiger partial charge in [0.2, 0.25) is 0 Å².